The number of ether oxygens (including phenoxy) is 2. The molecule has 12 heteroatoms. The van der Waals surface area contributed by atoms with Crippen LogP contribution >= 0.6 is 0 Å². The minimum absolute atomic E-state index is 0.0358. The third-order valence-electron chi connectivity index (χ3n) is 17.2. The summed E-state index contributed by atoms with van der Waals surface area (Å²) in [7, 11) is 0. The third-order valence-corrected chi connectivity index (χ3v) is 17.2. The Bertz CT molecular complexity index is 1490. The zero-order valence-electron chi connectivity index (χ0n) is 43.4. The van der Waals surface area contributed by atoms with E-state index >= 15 is 0 Å². The van der Waals surface area contributed by atoms with E-state index in [0.29, 0.717) is 25.7 Å². The first kappa shape index (κ1) is 53.1. The number of amides is 4. The van der Waals surface area contributed by atoms with E-state index in [1.54, 1.807) is 9.80 Å². The van der Waals surface area contributed by atoms with Crippen molar-refractivity contribution < 1.29 is 28.7 Å². The molecule has 0 aromatic rings. The second-order valence-electron chi connectivity index (χ2n) is 24.8. The van der Waals surface area contributed by atoms with E-state index in [4.69, 9.17) is 20.9 Å². The average molecular weight is 925 g/mol. The molecule has 4 heterocycles. The lowest BCUT2D eigenvalue weighted by atomic mass is 9.70. The molecule has 6 rings (SSSR count). The van der Waals surface area contributed by atoms with Crippen molar-refractivity contribution in [1.82, 2.24) is 19.6 Å². The van der Waals surface area contributed by atoms with Gasteiger partial charge in [-0.2, -0.15) is 0 Å². The van der Waals surface area contributed by atoms with Crippen LogP contribution in [0.4, 0.5) is 0 Å². The Morgan fingerprint density at radius 2 is 0.667 bits per heavy atom. The number of rotatable bonds is 11. The van der Waals surface area contributed by atoms with Crippen molar-refractivity contribution in [2.24, 2.45) is 11.5 Å². The molecule has 2 saturated carbocycles. The number of piperidine rings is 2. The van der Waals surface area contributed by atoms with Crippen LogP contribution in [0.5, 0.6) is 0 Å². The van der Waals surface area contributed by atoms with Crippen molar-refractivity contribution in [2.75, 3.05) is 26.2 Å². The molecule has 12 nitrogen and oxygen atoms in total. The maximum absolute atomic E-state index is 14.8. The van der Waals surface area contributed by atoms with Gasteiger partial charge in [0.15, 0.2) is 11.2 Å². The van der Waals surface area contributed by atoms with Crippen LogP contribution in [-0.4, -0.2) is 114 Å². The van der Waals surface area contributed by atoms with Crippen molar-refractivity contribution in [1.29, 1.82) is 0 Å². The lowest BCUT2D eigenvalue weighted by Crippen LogP contribution is -2.67. The summed E-state index contributed by atoms with van der Waals surface area (Å²) in [6.07, 6.45) is 30.6. The van der Waals surface area contributed by atoms with Gasteiger partial charge >= 0.3 is 0 Å². The van der Waals surface area contributed by atoms with Crippen LogP contribution in [0.2, 0.25) is 0 Å². The highest BCUT2D eigenvalue weighted by molar-refractivity contribution is 5.92. The SMILES string of the molecule is CC1(C)CC2(CC(C)(C)N1CCCCCCN1C(C)(C)CC3(CC1(C)C)OC1(CCCCCCCCCCC1)N(CC(N)=O)C3=O)OC1(CCCCCCCCCCC1)N(CC(N)=O)C2=O. The number of nitrogens with two attached hydrogens (primary N) is 2. The summed E-state index contributed by atoms with van der Waals surface area (Å²) in [6, 6.07) is 0. The standard InChI is InChI=1S/C54H96N6O6/c1-47(2)39-51(45(63)57(37-43(55)61)53(65-51)31-25-19-15-11-9-12-16-20-26-32-53)40-48(3,4)59(47)35-29-23-24-30-36-60-49(5,6)41-52(42-50(60,7)8)46(64)58(38-44(56)62)54(66-52)33-27-21-17-13-10-14-18-22-28-34-54/h9-42H2,1-8H3,(H2,55,61)(H2,56,62). The van der Waals surface area contributed by atoms with Crippen LogP contribution in [-0.2, 0) is 28.7 Å². The highest BCUT2D eigenvalue weighted by Crippen LogP contribution is 2.55. The number of carbonyl (C=O) groups is 4. The lowest BCUT2D eigenvalue weighted by Gasteiger charge is -2.58. The molecule has 0 aromatic heterocycles. The van der Waals surface area contributed by atoms with Gasteiger partial charge in [0.2, 0.25) is 11.8 Å². The highest BCUT2D eigenvalue weighted by atomic mass is 16.6. The molecule has 6 fully saturated rings. The molecule has 4 saturated heterocycles. The molecule has 66 heavy (non-hydrogen) atoms. The van der Waals surface area contributed by atoms with E-state index in [9.17, 15) is 19.2 Å². The molecular formula is C54H96N6O6. The zero-order chi connectivity index (χ0) is 48.1. The molecular weight excluding hydrogens is 829 g/mol. The van der Waals surface area contributed by atoms with Crippen molar-refractivity contribution >= 4 is 23.6 Å². The predicted molar refractivity (Wildman–Crippen MR) is 263 cm³/mol. The molecule has 4 spiro atoms. The van der Waals surface area contributed by atoms with Crippen molar-refractivity contribution in [3.05, 3.63) is 0 Å². The quantitative estimate of drug-likeness (QED) is 0.194. The van der Waals surface area contributed by atoms with Crippen LogP contribution in [0.15, 0.2) is 0 Å². The van der Waals surface area contributed by atoms with Crippen LogP contribution in [0, 0.1) is 0 Å². The summed E-state index contributed by atoms with van der Waals surface area (Å²) < 4.78 is 14.6. The predicted octanol–water partition coefficient (Wildman–Crippen LogP) is 10.0. The first-order chi connectivity index (χ1) is 31.0. The van der Waals surface area contributed by atoms with Gasteiger partial charge in [0.1, 0.15) is 24.5 Å². The van der Waals surface area contributed by atoms with Gasteiger partial charge in [-0.1, -0.05) is 103 Å². The number of nitrogens with zero attached hydrogens (tertiary/aromatic N) is 4. The van der Waals surface area contributed by atoms with E-state index in [-0.39, 0.29) is 47.1 Å². The molecule has 0 radical (unpaired) electrons. The Morgan fingerprint density at radius 3 is 0.909 bits per heavy atom. The summed E-state index contributed by atoms with van der Waals surface area (Å²) >= 11 is 0. The summed E-state index contributed by atoms with van der Waals surface area (Å²) in [6.45, 7) is 19.9. The van der Waals surface area contributed by atoms with E-state index in [0.717, 1.165) is 116 Å². The topological polar surface area (TPSA) is 152 Å². The largest absolute Gasteiger partial charge is 0.368 e. The molecule has 0 unspecified atom stereocenters. The lowest BCUT2D eigenvalue weighted by molar-refractivity contribution is -0.201. The number of carbonyl (C=O) groups excluding carboxylic acids is 4. The van der Waals surface area contributed by atoms with Crippen molar-refractivity contribution in [2.45, 2.75) is 293 Å². The van der Waals surface area contributed by atoms with Gasteiger partial charge in [-0.15, -0.1) is 0 Å². The Morgan fingerprint density at radius 1 is 0.424 bits per heavy atom. The van der Waals surface area contributed by atoms with Crippen LogP contribution in [0.3, 0.4) is 0 Å². The molecule has 4 amide bonds. The van der Waals surface area contributed by atoms with Gasteiger partial charge in [-0.25, -0.2) is 0 Å². The molecule has 0 atom stereocenters. The van der Waals surface area contributed by atoms with Crippen LogP contribution < -0.4 is 11.5 Å². The number of hydrogen-bond acceptors (Lipinski definition) is 8. The Labute approximate surface area is 401 Å². The number of likely N-dealkylation sites (tertiary alicyclic amines) is 2. The van der Waals surface area contributed by atoms with Gasteiger partial charge < -0.3 is 30.7 Å². The fourth-order valence-electron chi connectivity index (χ4n) is 15.1. The monoisotopic (exact) mass is 925 g/mol. The maximum Gasteiger partial charge on any atom is 0.257 e. The van der Waals surface area contributed by atoms with E-state index < -0.39 is 34.5 Å². The molecule has 0 aromatic carbocycles. The van der Waals surface area contributed by atoms with Crippen molar-refractivity contribution in [3.63, 3.8) is 0 Å². The minimum Gasteiger partial charge on any atom is -0.368 e. The second-order valence-corrected chi connectivity index (χ2v) is 24.8. The maximum atomic E-state index is 14.8. The fraction of sp³-hybridized carbons (Fsp3) is 0.926. The Kier molecular flexibility index (Phi) is 17.2. The molecule has 0 bridgehead atoms. The minimum atomic E-state index is -0.982. The highest BCUT2D eigenvalue weighted by Gasteiger charge is 2.67. The second kappa shape index (κ2) is 21.4. The normalized spacial score (nSPS) is 28.2. The summed E-state index contributed by atoms with van der Waals surface area (Å²) in [5.41, 5.74) is 6.99. The van der Waals surface area contributed by atoms with Gasteiger partial charge in [-0.3, -0.25) is 29.0 Å². The van der Waals surface area contributed by atoms with E-state index in [2.05, 4.69) is 65.2 Å². The third kappa shape index (κ3) is 11.8. The number of hydrogen-bond donors (Lipinski definition) is 2. The van der Waals surface area contributed by atoms with E-state index in [1.807, 2.05) is 0 Å². The van der Waals surface area contributed by atoms with Gasteiger partial charge in [-0.05, 0) is 133 Å². The molecule has 2 aliphatic carbocycles. The van der Waals surface area contributed by atoms with Crippen LogP contribution in [0.1, 0.15) is 248 Å². The number of unbranched alkanes of at least 4 members (excludes halogenated alkanes) is 3. The zero-order valence-corrected chi connectivity index (χ0v) is 43.4. The molecule has 6 aliphatic rings. The Hall–Kier alpha value is -2.28. The van der Waals surface area contributed by atoms with Crippen LogP contribution in [0.25, 0.3) is 0 Å². The molecule has 4 aliphatic heterocycles. The van der Waals surface area contributed by atoms with E-state index in [1.165, 1.54) is 64.2 Å². The Balaban J connectivity index is 1.07. The summed E-state index contributed by atoms with van der Waals surface area (Å²) in [5, 5.41) is 0. The smallest absolute Gasteiger partial charge is 0.257 e. The first-order valence-electron chi connectivity index (χ1n) is 27.2. The average Bonchev–Trinajstić information content (AvgIpc) is 3.51. The van der Waals surface area contributed by atoms with Gasteiger partial charge in [0.25, 0.3) is 11.8 Å². The summed E-state index contributed by atoms with van der Waals surface area (Å²) in [4.78, 5) is 63.6. The first-order valence-corrected chi connectivity index (χ1v) is 27.2. The molecule has 378 valence electrons. The number of primary amides is 2. The molecule has 4 N–H and O–H groups in total. The van der Waals surface area contributed by atoms with Crippen molar-refractivity contribution in [3.8, 4) is 0 Å². The van der Waals surface area contributed by atoms with Gasteiger partial charge in [0.05, 0.1) is 0 Å². The fourth-order valence-corrected chi connectivity index (χ4v) is 15.1. The summed E-state index contributed by atoms with van der Waals surface area (Å²) in [5.74, 6) is -1.01. The van der Waals surface area contributed by atoms with Gasteiger partial charge in [0, 0.05) is 47.8 Å².